The predicted octanol–water partition coefficient (Wildman–Crippen LogP) is 3.86. The van der Waals surface area contributed by atoms with Crippen LogP contribution in [0.1, 0.15) is 30.5 Å². The topological polar surface area (TPSA) is 67.4 Å². The van der Waals surface area contributed by atoms with Gasteiger partial charge in [-0.2, -0.15) is 0 Å². The standard InChI is InChI=1S/C19H21ClN2O3/c1-12-10-15(20)6-9-17(12)22-19(24)11-18(21-13(2)23)14-4-7-16(25-3)8-5-14/h4-10,18H,11H2,1-3H3,(H,21,23)(H,22,24). The van der Waals surface area contributed by atoms with Crippen LogP contribution in [0.5, 0.6) is 5.75 Å². The summed E-state index contributed by atoms with van der Waals surface area (Å²) in [5.41, 5.74) is 2.41. The molecule has 2 aromatic carbocycles. The van der Waals surface area contributed by atoms with E-state index in [4.69, 9.17) is 16.3 Å². The SMILES string of the molecule is COc1ccc(C(CC(=O)Nc2ccc(Cl)cc2C)NC(C)=O)cc1. The number of carbonyl (C=O) groups excluding carboxylic acids is 2. The highest BCUT2D eigenvalue weighted by atomic mass is 35.5. The fourth-order valence-electron chi connectivity index (χ4n) is 2.49. The van der Waals surface area contributed by atoms with Crippen molar-refractivity contribution < 1.29 is 14.3 Å². The van der Waals surface area contributed by atoms with Gasteiger partial charge >= 0.3 is 0 Å². The van der Waals surface area contributed by atoms with E-state index < -0.39 is 6.04 Å². The van der Waals surface area contributed by atoms with Gasteiger partial charge in [0.15, 0.2) is 0 Å². The van der Waals surface area contributed by atoms with E-state index in [2.05, 4.69) is 10.6 Å². The quantitative estimate of drug-likeness (QED) is 0.821. The molecule has 0 aliphatic carbocycles. The normalized spacial score (nSPS) is 11.5. The van der Waals surface area contributed by atoms with Gasteiger partial charge in [0.1, 0.15) is 5.75 Å². The Morgan fingerprint density at radius 1 is 1.16 bits per heavy atom. The molecule has 0 aliphatic rings. The smallest absolute Gasteiger partial charge is 0.226 e. The summed E-state index contributed by atoms with van der Waals surface area (Å²) in [5, 5.41) is 6.29. The number of hydrogen-bond acceptors (Lipinski definition) is 3. The number of carbonyl (C=O) groups is 2. The maximum Gasteiger partial charge on any atom is 0.226 e. The van der Waals surface area contributed by atoms with E-state index in [0.29, 0.717) is 16.5 Å². The molecular weight excluding hydrogens is 340 g/mol. The van der Waals surface area contributed by atoms with E-state index in [-0.39, 0.29) is 18.2 Å². The van der Waals surface area contributed by atoms with Crippen molar-refractivity contribution in [2.24, 2.45) is 0 Å². The third-order valence-electron chi connectivity index (χ3n) is 3.75. The van der Waals surface area contributed by atoms with Gasteiger partial charge in [-0.3, -0.25) is 9.59 Å². The molecule has 0 saturated carbocycles. The second-order valence-corrected chi connectivity index (χ2v) is 6.17. The number of aryl methyl sites for hydroxylation is 1. The first kappa shape index (κ1) is 18.8. The number of amides is 2. The third kappa shape index (κ3) is 5.50. The number of ether oxygens (including phenoxy) is 1. The number of halogens is 1. The van der Waals surface area contributed by atoms with E-state index in [1.54, 1.807) is 37.4 Å². The highest BCUT2D eigenvalue weighted by Gasteiger charge is 2.18. The molecule has 2 amide bonds. The Morgan fingerprint density at radius 3 is 2.40 bits per heavy atom. The lowest BCUT2D eigenvalue weighted by Crippen LogP contribution is -2.29. The first-order valence-electron chi connectivity index (χ1n) is 7.86. The molecule has 25 heavy (non-hydrogen) atoms. The largest absolute Gasteiger partial charge is 0.497 e. The lowest BCUT2D eigenvalue weighted by molar-refractivity contribution is -0.120. The summed E-state index contributed by atoms with van der Waals surface area (Å²) < 4.78 is 5.14. The molecule has 1 unspecified atom stereocenters. The Hall–Kier alpha value is -2.53. The summed E-state index contributed by atoms with van der Waals surface area (Å²) in [6.07, 6.45) is 0.119. The number of benzene rings is 2. The Morgan fingerprint density at radius 2 is 1.84 bits per heavy atom. The number of methoxy groups -OCH3 is 1. The van der Waals surface area contributed by atoms with Gasteiger partial charge in [0.2, 0.25) is 11.8 Å². The van der Waals surface area contributed by atoms with Crippen LogP contribution in [0.2, 0.25) is 5.02 Å². The van der Waals surface area contributed by atoms with Crippen LogP contribution in [-0.4, -0.2) is 18.9 Å². The van der Waals surface area contributed by atoms with Gasteiger partial charge in [-0.15, -0.1) is 0 Å². The lowest BCUT2D eigenvalue weighted by Gasteiger charge is -2.19. The van der Waals surface area contributed by atoms with E-state index in [1.165, 1.54) is 6.92 Å². The lowest BCUT2D eigenvalue weighted by atomic mass is 10.0. The maximum absolute atomic E-state index is 12.4. The molecule has 132 valence electrons. The molecule has 0 radical (unpaired) electrons. The minimum absolute atomic E-state index is 0.119. The van der Waals surface area contributed by atoms with Crippen LogP contribution in [-0.2, 0) is 9.59 Å². The summed E-state index contributed by atoms with van der Waals surface area (Å²) >= 11 is 5.93. The number of anilines is 1. The maximum atomic E-state index is 12.4. The van der Waals surface area contributed by atoms with Crippen LogP contribution in [0.4, 0.5) is 5.69 Å². The second-order valence-electron chi connectivity index (χ2n) is 5.74. The monoisotopic (exact) mass is 360 g/mol. The summed E-state index contributed by atoms with van der Waals surface area (Å²) in [5.74, 6) is 0.322. The number of nitrogens with one attached hydrogen (secondary N) is 2. The molecule has 0 aliphatic heterocycles. The van der Waals surface area contributed by atoms with Crippen LogP contribution < -0.4 is 15.4 Å². The molecular formula is C19H21ClN2O3. The Labute approximate surface area is 152 Å². The molecule has 6 heteroatoms. The molecule has 0 fully saturated rings. The molecule has 0 aromatic heterocycles. The van der Waals surface area contributed by atoms with Crippen molar-refractivity contribution in [1.82, 2.24) is 5.32 Å². The average Bonchev–Trinajstić information content (AvgIpc) is 2.56. The molecule has 2 aromatic rings. The van der Waals surface area contributed by atoms with Gasteiger partial charge in [0.05, 0.1) is 19.6 Å². The van der Waals surface area contributed by atoms with Crippen LogP contribution in [0.3, 0.4) is 0 Å². The Kier molecular flexibility index (Phi) is 6.42. The molecule has 2 N–H and O–H groups in total. The fourth-order valence-corrected chi connectivity index (χ4v) is 2.71. The average molecular weight is 361 g/mol. The van der Waals surface area contributed by atoms with E-state index in [9.17, 15) is 9.59 Å². The van der Waals surface area contributed by atoms with Crippen molar-refractivity contribution >= 4 is 29.1 Å². The van der Waals surface area contributed by atoms with Crippen molar-refractivity contribution in [3.8, 4) is 5.75 Å². The highest BCUT2D eigenvalue weighted by molar-refractivity contribution is 6.30. The molecule has 2 rings (SSSR count). The van der Waals surface area contributed by atoms with Gasteiger partial charge in [-0.1, -0.05) is 23.7 Å². The molecule has 0 spiro atoms. The first-order valence-corrected chi connectivity index (χ1v) is 8.24. The summed E-state index contributed by atoms with van der Waals surface area (Å²) in [7, 11) is 1.59. The summed E-state index contributed by atoms with van der Waals surface area (Å²) in [6, 6.07) is 12.1. The van der Waals surface area contributed by atoms with Gasteiger partial charge in [-0.05, 0) is 48.4 Å². The minimum atomic E-state index is -0.420. The molecule has 5 nitrogen and oxygen atoms in total. The van der Waals surface area contributed by atoms with Crippen molar-refractivity contribution in [2.75, 3.05) is 12.4 Å². The van der Waals surface area contributed by atoms with Crippen LogP contribution in [0.15, 0.2) is 42.5 Å². The van der Waals surface area contributed by atoms with Gasteiger partial charge < -0.3 is 15.4 Å². The van der Waals surface area contributed by atoms with Gasteiger partial charge in [0, 0.05) is 17.6 Å². The van der Waals surface area contributed by atoms with E-state index in [0.717, 1.165) is 11.1 Å². The number of rotatable bonds is 6. The molecule has 1 atom stereocenters. The van der Waals surface area contributed by atoms with Crippen molar-refractivity contribution in [2.45, 2.75) is 26.3 Å². The van der Waals surface area contributed by atoms with Crippen LogP contribution in [0, 0.1) is 6.92 Å². The van der Waals surface area contributed by atoms with Gasteiger partial charge in [0.25, 0.3) is 0 Å². The van der Waals surface area contributed by atoms with Crippen molar-refractivity contribution in [1.29, 1.82) is 0 Å². The highest BCUT2D eigenvalue weighted by Crippen LogP contribution is 2.23. The van der Waals surface area contributed by atoms with E-state index >= 15 is 0 Å². The van der Waals surface area contributed by atoms with Gasteiger partial charge in [-0.25, -0.2) is 0 Å². The molecule has 0 heterocycles. The van der Waals surface area contributed by atoms with Crippen LogP contribution >= 0.6 is 11.6 Å². The third-order valence-corrected chi connectivity index (χ3v) is 3.98. The minimum Gasteiger partial charge on any atom is -0.497 e. The Bertz CT molecular complexity index is 760. The summed E-state index contributed by atoms with van der Waals surface area (Å²) in [6.45, 7) is 3.30. The van der Waals surface area contributed by atoms with Crippen molar-refractivity contribution in [3.63, 3.8) is 0 Å². The van der Waals surface area contributed by atoms with Crippen LogP contribution in [0.25, 0.3) is 0 Å². The second kappa shape index (κ2) is 8.53. The zero-order valence-electron chi connectivity index (χ0n) is 14.4. The Balaban J connectivity index is 2.12. The zero-order chi connectivity index (χ0) is 18.4. The number of hydrogen-bond donors (Lipinski definition) is 2. The zero-order valence-corrected chi connectivity index (χ0v) is 15.2. The predicted molar refractivity (Wildman–Crippen MR) is 99.0 cm³/mol. The summed E-state index contributed by atoms with van der Waals surface area (Å²) in [4.78, 5) is 23.9. The first-order chi connectivity index (χ1) is 11.9. The van der Waals surface area contributed by atoms with E-state index in [1.807, 2.05) is 19.1 Å². The fraction of sp³-hybridized carbons (Fsp3) is 0.263. The molecule has 0 saturated heterocycles. The molecule has 0 bridgehead atoms. The van der Waals surface area contributed by atoms with Crippen molar-refractivity contribution in [3.05, 3.63) is 58.6 Å².